The fourth-order valence-electron chi connectivity index (χ4n) is 7.57. The van der Waals surface area contributed by atoms with Crippen molar-refractivity contribution in [3.8, 4) is 22.3 Å². The Hall–Kier alpha value is -6.75. The van der Waals surface area contributed by atoms with Gasteiger partial charge in [-0.05, 0) is 102 Å². The SMILES string of the molecule is CC(=O)OCC(=O)CNC(=O)[C@@H]1Cc2ccc(C=O)c(c2)-c2cc(ccc2C2CO2)[C@H](N(C)C(=O)[C@H](CCCCN)NC(=O)c2ccc(-c3ccc(Cl)cc3)cc2)C(=O)N[C@@H](C)C(=O)N1. The molecule has 4 aromatic carbocycles. The number of amides is 5. The van der Waals surface area contributed by atoms with E-state index in [0.717, 1.165) is 18.1 Å². The molecule has 2 aliphatic rings. The van der Waals surface area contributed by atoms with Crippen molar-refractivity contribution in [1.29, 1.82) is 0 Å². The number of nitrogens with two attached hydrogens (primary N) is 1. The summed E-state index contributed by atoms with van der Waals surface area (Å²) in [7, 11) is 1.43. The summed E-state index contributed by atoms with van der Waals surface area (Å²) in [5, 5.41) is 11.3. The van der Waals surface area contributed by atoms with Crippen LogP contribution in [0.1, 0.15) is 82.7 Å². The lowest BCUT2D eigenvalue weighted by molar-refractivity contribution is -0.145. The molecule has 2 aliphatic heterocycles. The van der Waals surface area contributed by atoms with E-state index in [4.69, 9.17) is 26.8 Å². The number of fused-ring (bicyclic) bond motifs is 5. The number of ketones is 1. The van der Waals surface area contributed by atoms with E-state index in [2.05, 4.69) is 21.3 Å². The number of hydrogen-bond donors (Lipinski definition) is 5. The average Bonchev–Trinajstić information content (AvgIpc) is 4.15. The largest absolute Gasteiger partial charge is 0.458 e. The van der Waals surface area contributed by atoms with Gasteiger partial charge >= 0.3 is 5.97 Å². The Morgan fingerprint density at radius 1 is 0.923 bits per heavy atom. The summed E-state index contributed by atoms with van der Waals surface area (Å²) >= 11 is 6.06. The number of nitrogens with one attached hydrogen (secondary N) is 4. The zero-order chi connectivity index (χ0) is 46.8. The summed E-state index contributed by atoms with van der Waals surface area (Å²) in [5.41, 5.74) is 10.7. The van der Waals surface area contributed by atoms with E-state index < -0.39 is 78.6 Å². The molecule has 0 aromatic heterocycles. The first-order valence-electron chi connectivity index (χ1n) is 21.2. The van der Waals surface area contributed by atoms with Crippen molar-refractivity contribution < 1.29 is 47.8 Å². The fourth-order valence-corrected chi connectivity index (χ4v) is 7.69. The van der Waals surface area contributed by atoms with E-state index in [-0.39, 0.29) is 24.5 Å². The van der Waals surface area contributed by atoms with Gasteiger partial charge in [0, 0.05) is 36.5 Å². The molecule has 4 aromatic rings. The Balaban J connectivity index is 1.35. The van der Waals surface area contributed by atoms with Crippen LogP contribution in [0, 0.1) is 0 Å². The zero-order valence-electron chi connectivity index (χ0n) is 36.2. The number of esters is 1. The van der Waals surface area contributed by atoms with Crippen LogP contribution >= 0.6 is 11.6 Å². The van der Waals surface area contributed by atoms with Gasteiger partial charge in [0.15, 0.2) is 18.7 Å². The van der Waals surface area contributed by atoms with Crippen molar-refractivity contribution in [1.82, 2.24) is 26.2 Å². The number of carbonyl (C=O) groups excluding carboxylic acids is 8. The molecule has 2 heterocycles. The van der Waals surface area contributed by atoms with Gasteiger partial charge in [-0.3, -0.25) is 38.4 Å². The van der Waals surface area contributed by atoms with Crippen molar-refractivity contribution in [2.45, 2.75) is 69.8 Å². The smallest absolute Gasteiger partial charge is 0.303 e. The Morgan fingerprint density at radius 3 is 2.26 bits per heavy atom. The van der Waals surface area contributed by atoms with Gasteiger partial charge in [-0.25, -0.2) is 0 Å². The van der Waals surface area contributed by atoms with E-state index in [1.54, 1.807) is 72.8 Å². The molecule has 340 valence electrons. The third-order valence-electron chi connectivity index (χ3n) is 11.2. The van der Waals surface area contributed by atoms with E-state index in [1.165, 1.54) is 18.9 Å². The molecule has 0 radical (unpaired) electrons. The molecule has 5 atom stereocenters. The molecule has 1 fully saturated rings. The van der Waals surface area contributed by atoms with Gasteiger partial charge in [-0.2, -0.15) is 0 Å². The van der Waals surface area contributed by atoms with E-state index in [1.807, 2.05) is 12.1 Å². The second-order valence-corrected chi connectivity index (χ2v) is 16.4. The highest BCUT2D eigenvalue weighted by molar-refractivity contribution is 6.30. The van der Waals surface area contributed by atoms with E-state index in [0.29, 0.717) is 70.7 Å². The van der Waals surface area contributed by atoms with Gasteiger partial charge in [-0.1, -0.05) is 66.2 Å². The minimum Gasteiger partial charge on any atom is -0.458 e. The zero-order valence-corrected chi connectivity index (χ0v) is 36.9. The van der Waals surface area contributed by atoms with Crippen LogP contribution in [0.3, 0.4) is 0 Å². The third kappa shape index (κ3) is 12.3. The van der Waals surface area contributed by atoms with Crippen LogP contribution in [0.4, 0.5) is 0 Å². The van der Waals surface area contributed by atoms with Crippen LogP contribution in [-0.4, -0.2) is 104 Å². The number of aldehydes is 1. The van der Waals surface area contributed by atoms with E-state index >= 15 is 0 Å². The third-order valence-corrected chi connectivity index (χ3v) is 11.4. The molecule has 5 amide bonds. The number of benzene rings is 4. The molecule has 4 bridgehead atoms. The van der Waals surface area contributed by atoms with Gasteiger partial charge in [0.2, 0.25) is 23.6 Å². The van der Waals surface area contributed by atoms with Crippen LogP contribution in [-0.2, 0) is 44.7 Å². The highest BCUT2D eigenvalue weighted by atomic mass is 35.5. The number of epoxide rings is 1. The normalized spacial score (nSPS) is 18.4. The molecular weight excluding hydrogens is 856 g/mol. The predicted molar refractivity (Wildman–Crippen MR) is 240 cm³/mol. The lowest BCUT2D eigenvalue weighted by Crippen LogP contribution is -2.56. The lowest BCUT2D eigenvalue weighted by Gasteiger charge is -2.33. The second kappa shape index (κ2) is 21.8. The Bertz CT molecular complexity index is 2460. The Labute approximate surface area is 380 Å². The first-order valence-corrected chi connectivity index (χ1v) is 21.6. The number of unbranched alkanes of at least 4 members (excludes halogenated alkanes) is 1. The first kappa shape index (κ1) is 47.7. The van der Waals surface area contributed by atoms with Gasteiger partial charge in [0.1, 0.15) is 30.3 Å². The highest BCUT2D eigenvalue weighted by Gasteiger charge is 2.37. The highest BCUT2D eigenvalue weighted by Crippen LogP contribution is 2.40. The number of hydrogen-bond acceptors (Lipinski definition) is 11. The first-order chi connectivity index (χ1) is 31.2. The predicted octanol–water partition coefficient (Wildman–Crippen LogP) is 3.78. The molecule has 65 heavy (non-hydrogen) atoms. The lowest BCUT2D eigenvalue weighted by atomic mass is 9.88. The summed E-state index contributed by atoms with van der Waals surface area (Å²) in [6, 6.07) is 19.2. The van der Waals surface area contributed by atoms with Crippen molar-refractivity contribution in [3.05, 3.63) is 118 Å². The standard InChI is InChI=1S/C48H51ClN6O10/c1-27-44(59)54-41(46(61)51-23-36(58)25-64-28(2)57)21-29-7-8-34(24-56)38(20-29)39-22-33(15-18-37(39)42-26-65-42)43(47(62)52-27)55(3)48(63)40(6-4-5-19-50)53-45(60)32-11-9-30(10-12-32)31-13-16-35(49)17-14-31/h7-18,20,22,24,27,40-43H,4-6,19,21,23,25-26,50H2,1-3H3,(H,51,61)(H,52,62)(H,53,60)(H,54,59)/t27-,40-,41-,42?,43-/m0/s1. The second-order valence-electron chi connectivity index (χ2n) is 16.0. The fraction of sp³-hybridized carbons (Fsp3) is 0.333. The molecule has 1 saturated heterocycles. The monoisotopic (exact) mass is 906 g/mol. The molecule has 0 aliphatic carbocycles. The number of rotatable bonds is 16. The maximum Gasteiger partial charge on any atom is 0.303 e. The topological polar surface area (TPSA) is 236 Å². The van der Waals surface area contributed by atoms with Gasteiger partial charge in [0.05, 0.1) is 13.2 Å². The summed E-state index contributed by atoms with van der Waals surface area (Å²) < 4.78 is 10.4. The van der Waals surface area contributed by atoms with Gasteiger partial charge in [0.25, 0.3) is 5.91 Å². The molecule has 6 N–H and O–H groups in total. The van der Waals surface area contributed by atoms with Crippen LogP contribution in [0.5, 0.6) is 0 Å². The van der Waals surface area contributed by atoms with Crippen LogP contribution in [0.25, 0.3) is 22.3 Å². The van der Waals surface area contributed by atoms with Crippen molar-refractivity contribution >= 4 is 59.2 Å². The Morgan fingerprint density at radius 2 is 1.62 bits per heavy atom. The maximum absolute atomic E-state index is 14.7. The summed E-state index contributed by atoms with van der Waals surface area (Å²) in [6.45, 7) is 2.26. The number of likely N-dealkylation sites (N-methyl/N-ethyl adjacent to an activating group) is 1. The number of ether oxygens (including phenoxy) is 2. The van der Waals surface area contributed by atoms with Gasteiger partial charge in [-0.15, -0.1) is 0 Å². The summed E-state index contributed by atoms with van der Waals surface area (Å²) in [6.07, 6.45) is 1.50. The summed E-state index contributed by atoms with van der Waals surface area (Å²) in [4.78, 5) is 108. The molecule has 17 heteroatoms. The quantitative estimate of drug-likeness (QED) is 0.0470. The van der Waals surface area contributed by atoms with Crippen LogP contribution in [0.2, 0.25) is 5.02 Å². The number of halogens is 1. The number of nitrogens with zero attached hydrogens (tertiary/aromatic N) is 1. The molecule has 0 spiro atoms. The van der Waals surface area contributed by atoms with Crippen molar-refractivity contribution in [2.24, 2.45) is 5.73 Å². The maximum atomic E-state index is 14.7. The molecule has 6 rings (SSSR count). The summed E-state index contributed by atoms with van der Waals surface area (Å²) in [5.74, 6) is -4.63. The number of Topliss-reactive ketones (excluding diaryl/α,β-unsaturated/α-hetero) is 1. The van der Waals surface area contributed by atoms with Crippen LogP contribution < -0.4 is 27.0 Å². The minimum atomic E-state index is -1.38. The van der Waals surface area contributed by atoms with Crippen molar-refractivity contribution in [3.63, 3.8) is 0 Å². The average molecular weight is 907 g/mol. The Kier molecular flexibility index (Phi) is 16.0. The minimum absolute atomic E-state index is 0.0823. The molecule has 1 unspecified atom stereocenters. The molecular formula is C48H51ClN6O10. The van der Waals surface area contributed by atoms with Gasteiger partial charge < -0.3 is 41.4 Å². The molecule has 0 saturated carbocycles. The van der Waals surface area contributed by atoms with E-state index in [9.17, 15) is 38.4 Å². The molecule has 16 nitrogen and oxygen atoms in total. The van der Waals surface area contributed by atoms with Crippen molar-refractivity contribution in [2.75, 3.05) is 33.4 Å². The number of carbonyl (C=O) groups is 8. The van der Waals surface area contributed by atoms with Crippen LogP contribution in [0.15, 0.2) is 84.9 Å².